The van der Waals surface area contributed by atoms with E-state index in [-0.39, 0.29) is 53.1 Å². The van der Waals surface area contributed by atoms with E-state index in [1.807, 2.05) is 31.2 Å². The highest BCUT2D eigenvalue weighted by Crippen LogP contribution is 2.48. The summed E-state index contributed by atoms with van der Waals surface area (Å²) in [4.78, 5) is 21.7. The van der Waals surface area contributed by atoms with Gasteiger partial charge in [0.2, 0.25) is 5.91 Å². The average molecular weight is 704 g/mol. The van der Waals surface area contributed by atoms with Gasteiger partial charge in [-0.1, -0.05) is 6.58 Å². The number of rotatable bonds is 12. The van der Waals surface area contributed by atoms with Crippen molar-refractivity contribution in [2.24, 2.45) is 0 Å². The lowest BCUT2D eigenvalue weighted by Gasteiger charge is -2.33. The molecule has 5 aromatic rings. The number of fused-ring (bicyclic) bond motifs is 2. The Morgan fingerprint density at radius 3 is 2.50 bits per heavy atom. The molecule has 1 saturated heterocycles. The maximum absolute atomic E-state index is 16.1. The van der Waals surface area contributed by atoms with Gasteiger partial charge in [0.1, 0.15) is 53.6 Å². The minimum Gasteiger partial charge on any atom is -0.492 e. The number of ether oxygens (including phenoxy) is 3. The van der Waals surface area contributed by atoms with Crippen molar-refractivity contribution in [3.05, 3.63) is 83.6 Å². The fraction of sp³-hybridized carbons (Fsp3) is 0.324. The molecule has 0 aliphatic carbocycles. The van der Waals surface area contributed by atoms with Crippen LogP contribution >= 0.6 is 11.3 Å². The highest BCUT2D eigenvalue weighted by atomic mass is 32.1. The molecule has 260 valence electrons. The van der Waals surface area contributed by atoms with Crippen LogP contribution in [-0.2, 0) is 16.1 Å². The Kier molecular flexibility index (Phi) is 9.63. The number of hydrogen-bond donors (Lipinski definition) is 0. The summed E-state index contributed by atoms with van der Waals surface area (Å²) >= 11 is 1.14. The van der Waals surface area contributed by atoms with E-state index in [2.05, 4.69) is 11.5 Å². The van der Waals surface area contributed by atoms with E-state index in [9.17, 15) is 9.18 Å². The Morgan fingerprint density at radius 1 is 0.980 bits per heavy atom. The molecule has 0 bridgehead atoms. The molecule has 0 spiro atoms. The normalized spacial score (nSPS) is 15.9. The summed E-state index contributed by atoms with van der Waals surface area (Å²) in [6.07, 6.45) is 2.48. The van der Waals surface area contributed by atoms with Crippen LogP contribution in [0, 0.1) is 17.5 Å². The molecule has 2 aromatic carbocycles. The number of aromatic nitrogens is 3. The summed E-state index contributed by atoms with van der Waals surface area (Å²) in [5.41, 5.74) is 2.33. The smallest absolute Gasteiger partial charge is 0.246 e. The van der Waals surface area contributed by atoms with Gasteiger partial charge in [0.15, 0.2) is 0 Å². The number of pyridine rings is 1. The Labute approximate surface area is 291 Å². The van der Waals surface area contributed by atoms with E-state index in [1.54, 1.807) is 15.6 Å². The van der Waals surface area contributed by atoms with Crippen molar-refractivity contribution in [1.29, 1.82) is 0 Å². The highest BCUT2D eigenvalue weighted by Gasteiger charge is 2.32. The molecule has 9 nitrogen and oxygen atoms in total. The SMILES string of the molecule is C=CC(=O)N1CCn2nc(-c3nc(-c4ccc(OCCN5CCC5)cc4)c4scc(F)c4c3-c3c(F)cc(F)cc3OCCOC)cc2[C@H]1C. The monoisotopic (exact) mass is 703 g/mol. The topological polar surface area (TPSA) is 82.0 Å². The summed E-state index contributed by atoms with van der Waals surface area (Å²) in [6.45, 7) is 10.1. The molecule has 3 aromatic heterocycles. The molecule has 0 saturated carbocycles. The van der Waals surface area contributed by atoms with Gasteiger partial charge in [0, 0.05) is 54.2 Å². The second kappa shape index (κ2) is 14.3. The largest absolute Gasteiger partial charge is 0.492 e. The summed E-state index contributed by atoms with van der Waals surface area (Å²) in [5, 5.41) is 6.30. The number of benzene rings is 2. The molecular weight excluding hydrogens is 667 g/mol. The zero-order chi connectivity index (χ0) is 34.9. The fourth-order valence-corrected chi connectivity index (χ4v) is 7.42. The fourth-order valence-electron chi connectivity index (χ4n) is 6.49. The molecular formula is C37H36F3N5O4S. The number of methoxy groups -OCH3 is 1. The van der Waals surface area contributed by atoms with Crippen LogP contribution in [0.15, 0.2) is 60.5 Å². The van der Waals surface area contributed by atoms with E-state index in [4.69, 9.17) is 24.3 Å². The van der Waals surface area contributed by atoms with Gasteiger partial charge in [-0.2, -0.15) is 5.10 Å². The van der Waals surface area contributed by atoms with Crippen molar-refractivity contribution in [3.63, 3.8) is 0 Å². The van der Waals surface area contributed by atoms with Gasteiger partial charge in [0.25, 0.3) is 0 Å². The van der Waals surface area contributed by atoms with Gasteiger partial charge < -0.3 is 19.1 Å². The third-order valence-corrected chi connectivity index (χ3v) is 10.2. The van der Waals surface area contributed by atoms with E-state index in [0.29, 0.717) is 47.1 Å². The summed E-state index contributed by atoms with van der Waals surface area (Å²) < 4.78 is 66.0. The van der Waals surface area contributed by atoms with Crippen LogP contribution in [0.3, 0.4) is 0 Å². The van der Waals surface area contributed by atoms with Crippen LogP contribution in [0.1, 0.15) is 25.1 Å². The standard InChI is InChI=1S/C37H36F3N5O4S/c1-4-31(46)44-12-13-45-29(22(44)2)20-28(42-45)36-34(32-26(39)18-24(38)19-30(32)49-17-16-47-3)33-27(40)21-50-37(33)35(41-36)23-6-8-25(9-7-23)48-15-14-43-10-5-11-43/h4,6-9,18-22H,1,5,10-17H2,2-3H3/t22-/m1/s1. The second-order valence-electron chi connectivity index (χ2n) is 12.2. The minimum atomic E-state index is -0.944. The van der Waals surface area contributed by atoms with E-state index < -0.39 is 17.5 Å². The first-order valence-electron chi connectivity index (χ1n) is 16.5. The van der Waals surface area contributed by atoms with Crippen molar-refractivity contribution in [2.45, 2.75) is 25.9 Å². The number of hydrogen-bond acceptors (Lipinski definition) is 8. The zero-order valence-corrected chi connectivity index (χ0v) is 28.6. The Morgan fingerprint density at radius 2 is 1.78 bits per heavy atom. The van der Waals surface area contributed by atoms with Crippen LogP contribution < -0.4 is 9.47 Å². The molecule has 13 heteroatoms. The Balaban J connectivity index is 1.40. The van der Waals surface area contributed by atoms with Crippen LogP contribution in [0.5, 0.6) is 11.5 Å². The van der Waals surface area contributed by atoms with Crippen LogP contribution in [0.25, 0.3) is 43.9 Å². The summed E-state index contributed by atoms with van der Waals surface area (Å²) in [7, 11) is 1.48. The molecule has 2 aliphatic rings. The third-order valence-electron chi connectivity index (χ3n) is 9.20. The number of likely N-dealkylation sites (tertiary alicyclic amines) is 1. The quantitative estimate of drug-likeness (QED) is 0.101. The number of thiophene rings is 1. The van der Waals surface area contributed by atoms with Crippen molar-refractivity contribution >= 4 is 27.3 Å². The van der Waals surface area contributed by atoms with Gasteiger partial charge in [0.05, 0.1) is 40.8 Å². The van der Waals surface area contributed by atoms with Gasteiger partial charge in [-0.05, 0) is 62.8 Å². The number of nitrogens with zero attached hydrogens (tertiary/aromatic N) is 5. The first-order chi connectivity index (χ1) is 24.3. The molecule has 7 rings (SSSR count). The van der Waals surface area contributed by atoms with Gasteiger partial charge in [-0.3, -0.25) is 14.4 Å². The lowest BCUT2D eigenvalue weighted by molar-refractivity contribution is -0.129. The second-order valence-corrected chi connectivity index (χ2v) is 13.1. The van der Waals surface area contributed by atoms with Gasteiger partial charge in [-0.15, -0.1) is 11.3 Å². The maximum atomic E-state index is 16.1. The van der Waals surface area contributed by atoms with Crippen molar-refractivity contribution < 1.29 is 32.2 Å². The van der Waals surface area contributed by atoms with Crippen molar-refractivity contribution in [3.8, 4) is 45.3 Å². The third kappa shape index (κ3) is 6.36. The first-order valence-corrected chi connectivity index (χ1v) is 17.3. The lowest BCUT2D eigenvalue weighted by atomic mass is 9.94. The van der Waals surface area contributed by atoms with Gasteiger partial charge in [-0.25, -0.2) is 18.2 Å². The molecule has 2 aliphatic heterocycles. The first kappa shape index (κ1) is 33.8. The van der Waals surface area contributed by atoms with E-state index in [0.717, 1.165) is 48.8 Å². The van der Waals surface area contributed by atoms with E-state index >= 15 is 8.78 Å². The van der Waals surface area contributed by atoms with Crippen LogP contribution in [-0.4, -0.2) is 83.6 Å². The maximum Gasteiger partial charge on any atom is 0.246 e. The Hall–Kier alpha value is -4.72. The number of carbonyl (C=O) groups excluding carboxylic acids is 1. The zero-order valence-electron chi connectivity index (χ0n) is 27.8. The van der Waals surface area contributed by atoms with Crippen LogP contribution in [0.2, 0.25) is 0 Å². The molecule has 0 unspecified atom stereocenters. The average Bonchev–Trinajstić information content (AvgIpc) is 3.70. The molecule has 1 atom stereocenters. The molecule has 50 heavy (non-hydrogen) atoms. The molecule has 1 fully saturated rings. The lowest BCUT2D eigenvalue weighted by Crippen LogP contribution is -2.40. The van der Waals surface area contributed by atoms with Crippen molar-refractivity contribution in [2.75, 3.05) is 53.1 Å². The Bertz CT molecular complexity index is 2060. The number of amides is 1. The summed E-state index contributed by atoms with van der Waals surface area (Å²) in [5.74, 6) is -2.03. The molecule has 0 N–H and O–H groups in total. The molecule has 1 amide bonds. The minimum absolute atomic E-state index is 0.00158. The number of halogens is 3. The predicted octanol–water partition coefficient (Wildman–Crippen LogP) is 7.11. The predicted molar refractivity (Wildman–Crippen MR) is 186 cm³/mol. The van der Waals surface area contributed by atoms with Crippen molar-refractivity contribution in [1.82, 2.24) is 24.6 Å². The molecule has 5 heterocycles. The van der Waals surface area contributed by atoms with Gasteiger partial charge >= 0.3 is 0 Å². The summed E-state index contributed by atoms with van der Waals surface area (Å²) in [6, 6.07) is 10.6. The van der Waals surface area contributed by atoms with E-state index in [1.165, 1.54) is 25.0 Å². The highest BCUT2D eigenvalue weighted by molar-refractivity contribution is 7.17. The van der Waals surface area contributed by atoms with Crippen LogP contribution in [0.4, 0.5) is 13.2 Å². The molecule has 0 radical (unpaired) electrons. The number of carbonyl (C=O) groups is 1.